The summed E-state index contributed by atoms with van der Waals surface area (Å²) in [5.74, 6) is -1.50. The van der Waals surface area contributed by atoms with E-state index in [1.807, 2.05) is 6.92 Å². The van der Waals surface area contributed by atoms with Crippen LogP contribution in [-0.4, -0.2) is 41.1 Å². The van der Waals surface area contributed by atoms with Crippen LogP contribution in [0.2, 0.25) is 0 Å². The van der Waals surface area contributed by atoms with E-state index in [0.717, 1.165) is 32.1 Å². The number of hydrogen-bond donors (Lipinski definition) is 4. The Morgan fingerprint density at radius 3 is 2.36 bits per heavy atom. The summed E-state index contributed by atoms with van der Waals surface area (Å²) in [6.45, 7) is 4.01. The van der Waals surface area contributed by atoms with Gasteiger partial charge in [-0.25, -0.2) is 4.79 Å². The van der Waals surface area contributed by atoms with Gasteiger partial charge in [0.1, 0.15) is 11.6 Å². The Balaban J connectivity index is 2.70. The molecule has 7 nitrogen and oxygen atoms in total. The molecule has 0 bridgehead atoms. The Labute approximate surface area is 131 Å². The molecule has 1 aliphatic carbocycles. The number of carbonyl (C=O) groups excluding carboxylic acids is 2. The van der Waals surface area contributed by atoms with Crippen LogP contribution in [-0.2, 0) is 9.59 Å². The van der Waals surface area contributed by atoms with Gasteiger partial charge < -0.3 is 21.1 Å². The maximum atomic E-state index is 12.5. The molecule has 0 saturated heterocycles. The molecule has 22 heavy (non-hydrogen) atoms. The summed E-state index contributed by atoms with van der Waals surface area (Å²) >= 11 is 0. The number of carboxylic acid groups (broad SMARTS) is 1. The molecule has 0 heterocycles. The maximum Gasteiger partial charge on any atom is 0.325 e. The van der Waals surface area contributed by atoms with E-state index in [2.05, 4.69) is 16.0 Å². The van der Waals surface area contributed by atoms with Crippen molar-refractivity contribution >= 4 is 17.9 Å². The van der Waals surface area contributed by atoms with Gasteiger partial charge in [-0.05, 0) is 26.2 Å². The summed E-state index contributed by atoms with van der Waals surface area (Å²) in [6.07, 6.45) is 5.61. The van der Waals surface area contributed by atoms with Crippen molar-refractivity contribution < 1.29 is 19.5 Å². The molecule has 0 aromatic carbocycles. The number of carboxylic acids is 1. The van der Waals surface area contributed by atoms with Gasteiger partial charge in [-0.3, -0.25) is 9.59 Å². The lowest BCUT2D eigenvalue weighted by Crippen LogP contribution is -2.63. The largest absolute Gasteiger partial charge is 0.480 e. The van der Waals surface area contributed by atoms with E-state index in [0.29, 0.717) is 19.4 Å². The summed E-state index contributed by atoms with van der Waals surface area (Å²) in [5, 5.41) is 16.9. The average molecular weight is 313 g/mol. The SMILES string of the molecule is CCCCNC(=O)NC1(C(=O)NC(C)C(=O)O)CCCCC1. The van der Waals surface area contributed by atoms with Crippen LogP contribution in [0.1, 0.15) is 58.8 Å². The predicted molar refractivity (Wildman–Crippen MR) is 82.5 cm³/mol. The van der Waals surface area contributed by atoms with Gasteiger partial charge in [-0.1, -0.05) is 32.6 Å². The van der Waals surface area contributed by atoms with Crippen LogP contribution in [0.25, 0.3) is 0 Å². The van der Waals surface area contributed by atoms with Crippen LogP contribution in [0, 0.1) is 0 Å². The highest BCUT2D eigenvalue weighted by Gasteiger charge is 2.41. The Morgan fingerprint density at radius 1 is 1.18 bits per heavy atom. The Hall–Kier alpha value is -1.79. The second-order valence-corrected chi connectivity index (χ2v) is 5.91. The maximum absolute atomic E-state index is 12.5. The van der Waals surface area contributed by atoms with Gasteiger partial charge >= 0.3 is 12.0 Å². The number of unbranched alkanes of at least 4 members (excludes halogenated alkanes) is 1. The third-order valence-electron chi connectivity index (χ3n) is 4.03. The van der Waals surface area contributed by atoms with Gasteiger partial charge in [0.25, 0.3) is 0 Å². The Bertz CT molecular complexity index is 406. The van der Waals surface area contributed by atoms with Gasteiger partial charge in [0.15, 0.2) is 0 Å². The highest BCUT2D eigenvalue weighted by atomic mass is 16.4. The number of amides is 3. The zero-order chi connectivity index (χ0) is 16.6. The minimum atomic E-state index is -1.09. The topological polar surface area (TPSA) is 108 Å². The molecule has 126 valence electrons. The highest BCUT2D eigenvalue weighted by molar-refractivity contribution is 5.93. The fraction of sp³-hybridized carbons (Fsp3) is 0.800. The second kappa shape index (κ2) is 8.60. The van der Waals surface area contributed by atoms with Gasteiger partial charge in [-0.2, -0.15) is 0 Å². The number of nitrogens with one attached hydrogen (secondary N) is 3. The molecule has 4 N–H and O–H groups in total. The summed E-state index contributed by atoms with van der Waals surface area (Å²) in [4.78, 5) is 35.4. The second-order valence-electron chi connectivity index (χ2n) is 5.91. The van der Waals surface area contributed by atoms with E-state index in [1.165, 1.54) is 6.92 Å². The monoisotopic (exact) mass is 313 g/mol. The first kappa shape index (κ1) is 18.3. The van der Waals surface area contributed by atoms with Crippen molar-refractivity contribution in [2.45, 2.75) is 70.4 Å². The molecule has 1 saturated carbocycles. The number of urea groups is 1. The smallest absolute Gasteiger partial charge is 0.325 e. The van der Waals surface area contributed by atoms with Crippen molar-refractivity contribution in [1.82, 2.24) is 16.0 Å². The van der Waals surface area contributed by atoms with Gasteiger partial charge in [0.05, 0.1) is 0 Å². The van der Waals surface area contributed by atoms with Crippen molar-refractivity contribution in [3.05, 3.63) is 0 Å². The molecule has 7 heteroatoms. The minimum absolute atomic E-state index is 0.367. The summed E-state index contributed by atoms with van der Waals surface area (Å²) < 4.78 is 0. The van der Waals surface area contributed by atoms with E-state index in [9.17, 15) is 14.4 Å². The van der Waals surface area contributed by atoms with Crippen LogP contribution in [0.15, 0.2) is 0 Å². The third-order valence-corrected chi connectivity index (χ3v) is 4.03. The lowest BCUT2D eigenvalue weighted by molar-refractivity contribution is -0.142. The molecule has 0 aliphatic heterocycles. The number of carbonyl (C=O) groups is 3. The predicted octanol–water partition coefficient (Wildman–Crippen LogP) is 1.38. The van der Waals surface area contributed by atoms with Crippen LogP contribution < -0.4 is 16.0 Å². The van der Waals surface area contributed by atoms with E-state index >= 15 is 0 Å². The molecule has 1 rings (SSSR count). The van der Waals surface area contributed by atoms with Crippen molar-refractivity contribution in [3.63, 3.8) is 0 Å². The molecule has 1 unspecified atom stereocenters. The van der Waals surface area contributed by atoms with E-state index in [1.54, 1.807) is 0 Å². The minimum Gasteiger partial charge on any atom is -0.480 e. The fourth-order valence-electron chi connectivity index (χ4n) is 2.60. The molecular formula is C15H27N3O4. The molecule has 3 amide bonds. The molecular weight excluding hydrogens is 286 g/mol. The third kappa shape index (κ3) is 5.20. The first-order valence-corrected chi connectivity index (χ1v) is 8.01. The quantitative estimate of drug-likeness (QED) is 0.532. The lowest BCUT2D eigenvalue weighted by atomic mass is 9.80. The average Bonchev–Trinajstić information content (AvgIpc) is 2.48. The summed E-state index contributed by atoms with van der Waals surface area (Å²) in [5.41, 5.74) is -1.00. The molecule has 0 aromatic heterocycles. The van der Waals surface area contributed by atoms with E-state index < -0.39 is 23.5 Å². The van der Waals surface area contributed by atoms with Crippen molar-refractivity contribution in [1.29, 1.82) is 0 Å². The Kier molecular flexibility index (Phi) is 7.14. The van der Waals surface area contributed by atoms with Crippen LogP contribution >= 0.6 is 0 Å². The Morgan fingerprint density at radius 2 is 1.82 bits per heavy atom. The van der Waals surface area contributed by atoms with Crippen LogP contribution in [0.3, 0.4) is 0 Å². The van der Waals surface area contributed by atoms with E-state index in [-0.39, 0.29) is 6.03 Å². The molecule has 1 aliphatic rings. The number of hydrogen-bond acceptors (Lipinski definition) is 3. The molecule has 0 spiro atoms. The number of aliphatic carboxylic acids is 1. The zero-order valence-corrected chi connectivity index (χ0v) is 13.4. The molecule has 1 fully saturated rings. The summed E-state index contributed by atoms with van der Waals surface area (Å²) in [7, 11) is 0. The molecule has 1 atom stereocenters. The molecule has 0 radical (unpaired) electrons. The first-order chi connectivity index (χ1) is 10.4. The van der Waals surface area contributed by atoms with Gasteiger partial charge in [0.2, 0.25) is 5.91 Å². The highest BCUT2D eigenvalue weighted by Crippen LogP contribution is 2.28. The van der Waals surface area contributed by atoms with Gasteiger partial charge in [-0.15, -0.1) is 0 Å². The van der Waals surface area contributed by atoms with Gasteiger partial charge in [0, 0.05) is 6.54 Å². The normalized spacial score (nSPS) is 18.1. The molecule has 0 aromatic rings. The van der Waals surface area contributed by atoms with Crippen LogP contribution in [0.5, 0.6) is 0 Å². The van der Waals surface area contributed by atoms with E-state index in [4.69, 9.17) is 5.11 Å². The summed E-state index contributed by atoms with van der Waals surface area (Å²) in [6, 6.07) is -1.34. The zero-order valence-electron chi connectivity index (χ0n) is 13.4. The lowest BCUT2D eigenvalue weighted by Gasteiger charge is -2.37. The van der Waals surface area contributed by atoms with Crippen molar-refractivity contribution in [3.8, 4) is 0 Å². The fourth-order valence-corrected chi connectivity index (χ4v) is 2.60. The first-order valence-electron chi connectivity index (χ1n) is 8.01. The number of rotatable bonds is 7. The van der Waals surface area contributed by atoms with Crippen LogP contribution in [0.4, 0.5) is 4.79 Å². The standard InChI is InChI=1S/C15H27N3O4/c1-3-4-10-16-14(22)18-15(8-6-5-7-9-15)13(21)17-11(2)12(19)20/h11H,3-10H2,1-2H3,(H,17,21)(H,19,20)(H2,16,18,22). The van der Waals surface area contributed by atoms with Crippen molar-refractivity contribution in [2.24, 2.45) is 0 Å². The van der Waals surface area contributed by atoms with Crippen molar-refractivity contribution in [2.75, 3.05) is 6.54 Å².